The summed E-state index contributed by atoms with van der Waals surface area (Å²) < 4.78 is 18.9. The summed E-state index contributed by atoms with van der Waals surface area (Å²) in [7, 11) is 0. The lowest BCUT2D eigenvalue weighted by molar-refractivity contribution is -0.131. The van der Waals surface area contributed by atoms with E-state index >= 15 is 0 Å². The van der Waals surface area contributed by atoms with Crippen LogP contribution in [0.4, 0.5) is 9.18 Å². The fourth-order valence-electron chi connectivity index (χ4n) is 2.45. The molecule has 110 valence electrons. The third-order valence-electron chi connectivity index (χ3n) is 3.26. The van der Waals surface area contributed by atoms with Gasteiger partial charge in [-0.3, -0.25) is 9.69 Å². The Morgan fingerprint density at radius 1 is 1.37 bits per heavy atom. The fourth-order valence-corrected chi connectivity index (χ4v) is 2.45. The van der Waals surface area contributed by atoms with E-state index in [4.69, 9.17) is 4.74 Å². The highest BCUT2D eigenvalue weighted by Crippen LogP contribution is 2.35. The second-order valence-electron chi connectivity index (χ2n) is 6.69. The molecular weight excluding hydrogens is 249 g/mol. The normalized spacial score (nSPS) is 27.8. The van der Waals surface area contributed by atoms with Gasteiger partial charge in [0.15, 0.2) is 5.78 Å². The minimum atomic E-state index is -1.18. The molecule has 0 aliphatic carbocycles. The van der Waals surface area contributed by atoms with E-state index < -0.39 is 23.4 Å². The summed E-state index contributed by atoms with van der Waals surface area (Å²) in [4.78, 5) is 25.7. The first kappa shape index (κ1) is 15.9. The van der Waals surface area contributed by atoms with Crippen molar-refractivity contribution >= 4 is 11.9 Å². The molecule has 0 saturated carbocycles. The van der Waals surface area contributed by atoms with Crippen molar-refractivity contribution in [2.24, 2.45) is 5.92 Å². The Bertz CT molecular complexity index is 375. The molecule has 4 nitrogen and oxygen atoms in total. The minimum absolute atomic E-state index is 0.0449. The van der Waals surface area contributed by atoms with Crippen LogP contribution in [0.3, 0.4) is 0 Å². The van der Waals surface area contributed by atoms with Crippen molar-refractivity contribution in [2.45, 2.75) is 65.3 Å². The van der Waals surface area contributed by atoms with Gasteiger partial charge in [-0.1, -0.05) is 13.8 Å². The van der Waals surface area contributed by atoms with Crippen molar-refractivity contribution in [1.29, 1.82) is 0 Å². The molecule has 1 fully saturated rings. The number of hydrogen-bond acceptors (Lipinski definition) is 3. The van der Waals surface area contributed by atoms with Crippen LogP contribution in [-0.2, 0) is 9.53 Å². The molecule has 0 bridgehead atoms. The van der Waals surface area contributed by atoms with Gasteiger partial charge in [0.1, 0.15) is 17.3 Å². The van der Waals surface area contributed by atoms with Crippen LogP contribution in [0.5, 0.6) is 0 Å². The van der Waals surface area contributed by atoms with Gasteiger partial charge in [-0.2, -0.15) is 0 Å². The number of amides is 1. The number of alkyl halides is 1. The number of nitrogens with zero attached hydrogens (tertiary/aromatic N) is 1. The summed E-state index contributed by atoms with van der Waals surface area (Å²) in [5, 5.41) is 0. The average molecular weight is 273 g/mol. The summed E-state index contributed by atoms with van der Waals surface area (Å²) >= 11 is 0. The zero-order chi connectivity index (χ0) is 15.0. The number of carbonyl (C=O) groups excluding carboxylic acids is 2. The summed E-state index contributed by atoms with van der Waals surface area (Å²) in [6.45, 7) is 10.3. The van der Waals surface area contributed by atoms with Crippen LogP contribution in [0.25, 0.3) is 0 Å². The largest absolute Gasteiger partial charge is 0.444 e. The molecule has 1 aliphatic heterocycles. The molecule has 1 heterocycles. The second kappa shape index (κ2) is 5.10. The average Bonchev–Trinajstić information content (AvgIpc) is 2.51. The number of likely N-dealkylation sites (tertiary alicyclic amines) is 1. The lowest BCUT2D eigenvalue weighted by atomic mass is 9.86. The maximum absolute atomic E-state index is 13.7. The number of ketones is 1. The first-order valence-electron chi connectivity index (χ1n) is 6.66. The molecule has 0 aromatic heterocycles. The van der Waals surface area contributed by atoms with Crippen molar-refractivity contribution in [1.82, 2.24) is 4.90 Å². The zero-order valence-corrected chi connectivity index (χ0v) is 12.6. The van der Waals surface area contributed by atoms with Gasteiger partial charge in [0, 0.05) is 12.3 Å². The Balaban J connectivity index is 2.97. The number of halogens is 1. The highest BCUT2D eigenvalue weighted by molar-refractivity contribution is 5.93. The van der Waals surface area contributed by atoms with Crippen LogP contribution < -0.4 is 0 Å². The maximum atomic E-state index is 13.7. The molecule has 0 N–H and O–H groups in total. The third kappa shape index (κ3) is 3.45. The first-order chi connectivity index (χ1) is 8.47. The fraction of sp³-hybridized carbons (Fsp3) is 0.857. The van der Waals surface area contributed by atoms with E-state index in [-0.39, 0.29) is 24.7 Å². The standard InChI is InChI=1S/C14H24FNO3/c1-9(2)11(17)14(6)7-10(15)8-16(14)12(18)19-13(3,4)5/h9-10H,7-8H2,1-6H3/t10-,14?/m1/s1. The van der Waals surface area contributed by atoms with Gasteiger partial charge in [-0.25, -0.2) is 9.18 Å². The highest BCUT2D eigenvalue weighted by atomic mass is 19.1. The van der Waals surface area contributed by atoms with Crippen LogP contribution in [0.15, 0.2) is 0 Å². The summed E-state index contributed by atoms with van der Waals surface area (Å²) in [6.07, 6.45) is -1.76. The Morgan fingerprint density at radius 3 is 2.32 bits per heavy atom. The van der Waals surface area contributed by atoms with Gasteiger partial charge in [0.05, 0.1) is 6.54 Å². The number of Topliss-reactive ketones (excluding diaryl/α,β-unsaturated/α-hetero) is 1. The van der Waals surface area contributed by atoms with E-state index in [0.717, 1.165) is 0 Å². The summed E-state index contributed by atoms with van der Waals surface area (Å²) in [5.74, 6) is -0.376. The van der Waals surface area contributed by atoms with Crippen LogP contribution in [0, 0.1) is 5.92 Å². The van der Waals surface area contributed by atoms with Gasteiger partial charge < -0.3 is 4.74 Å². The van der Waals surface area contributed by atoms with Crippen molar-refractivity contribution in [3.8, 4) is 0 Å². The van der Waals surface area contributed by atoms with E-state index in [9.17, 15) is 14.0 Å². The van der Waals surface area contributed by atoms with E-state index in [1.807, 2.05) is 0 Å². The number of hydrogen-bond donors (Lipinski definition) is 0. The molecule has 1 saturated heterocycles. The van der Waals surface area contributed by atoms with Crippen molar-refractivity contribution in [2.75, 3.05) is 6.54 Å². The molecule has 0 spiro atoms. The van der Waals surface area contributed by atoms with E-state index in [1.54, 1.807) is 41.5 Å². The molecule has 0 radical (unpaired) electrons. The van der Waals surface area contributed by atoms with Gasteiger partial charge >= 0.3 is 6.09 Å². The maximum Gasteiger partial charge on any atom is 0.411 e. The molecule has 1 amide bonds. The second-order valence-corrected chi connectivity index (χ2v) is 6.69. The number of ether oxygens (including phenoxy) is 1. The Kier molecular flexibility index (Phi) is 4.27. The van der Waals surface area contributed by atoms with Gasteiger partial charge in [-0.15, -0.1) is 0 Å². The van der Waals surface area contributed by atoms with Gasteiger partial charge in [0.2, 0.25) is 0 Å². The smallest absolute Gasteiger partial charge is 0.411 e. The molecule has 19 heavy (non-hydrogen) atoms. The number of rotatable bonds is 2. The number of carbonyl (C=O) groups is 2. The van der Waals surface area contributed by atoms with Crippen LogP contribution in [0.1, 0.15) is 48.0 Å². The van der Waals surface area contributed by atoms with Crippen LogP contribution >= 0.6 is 0 Å². The molecule has 0 aromatic rings. The van der Waals surface area contributed by atoms with Crippen LogP contribution in [-0.4, -0.2) is 40.6 Å². The minimum Gasteiger partial charge on any atom is -0.444 e. The van der Waals surface area contributed by atoms with E-state index in [2.05, 4.69) is 0 Å². The molecule has 0 aromatic carbocycles. The molecule has 5 heteroatoms. The van der Waals surface area contributed by atoms with Crippen LogP contribution in [0.2, 0.25) is 0 Å². The summed E-state index contributed by atoms with van der Waals surface area (Å²) in [6, 6.07) is 0. The molecule has 2 atom stereocenters. The lowest BCUT2D eigenvalue weighted by Gasteiger charge is -2.35. The molecule has 1 unspecified atom stereocenters. The van der Waals surface area contributed by atoms with Crippen molar-refractivity contribution < 1.29 is 18.7 Å². The Labute approximate surface area is 114 Å². The van der Waals surface area contributed by atoms with Crippen molar-refractivity contribution in [3.05, 3.63) is 0 Å². The van der Waals surface area contributed by atoms with E-state index in [1.165, 1.54) is 4.90 Å². The predicted molar refractivity (Wildman–Crippen MR) is 70.7 cm³/mol. The molecule has 1 rings (SSSR count). The lowest BCUT2D eigenvalue weighted by Crippen LogP contribution is -2.53. The molecule has 1 aliphatic rings. The molecular formula is C14H24FNO3. The zero-order valence-electron chi connectivity index (χ0n) is 12.6. The van der Waals surface area contributed by atoms with Gasteiger partial charge in [0.25, 0.3) is 0 Å². The quantitative estimate of drug-likeness (QED) is 0.777. The highest BCUT2D eigenvalue weighted by Gasteiger charge is 2.51. The summed E-state index contributed by atoms with van der Waals surface area (Å²) in [5.41, 5.74) is -1.76. The van der Waals surface area contributed by atoms with Crippen molar-refractivity contribution in [3.63, 3.8) is 0 Å². The third-order valence-corrected chi connectivity index (χ3v) is 3.26. The Hall–Kier alpha value is -1.13. The Morgan fingerprint density at radius 2 is 1.89 bits per heavy atom. The SMILES string of the molecule is CC(C)C(=O)C1(C)C[C@@H](F)CN1C(=O)OC(C)(C)C. The monoisotopic (exact) mass is 273 g/mol. The topological polar surface area (TPSA) is 46.6 Å². The predicted octanol–water partition coefficient (Wildman–Crippen LogP) is 2.95. The first-order valence-corrected chi connectivity index (χ1v) is 6.66. The van der Waals surface area contributed by atoms with E-state index in [0.29, 0.717) is 0 Å². The van der Waals surface area contributed by atoms with Gasteiger partial charge in [-0.05, 0) is 27.7 Å².